The number of aryl methyl sites for hydroxylation is 1. The second kappa shape index (κ2) is 6.00. The molecule has 1 unspecified atom stereocenters. The second-order valence-electron chi connectivity index (χ2n) is 5.47. The summed E-state index contributed by atoms with van der Waals surface area (Å²) >= 11 is 3.40. The lowest BCUT2D eigenvalue weighted by Crippen LogP contribution is -2.43. The molecule has 1 aromatic carbocycles. The molecule has 0 spiro atoms. The topological polar surface area (TPSA) is 53.6 Å². The Hall–Kier alpha value is -1.64. The molecule has 1 aliphatic rings. The normalized spacial score (nSPS) is 17.1. The summed E-state index contributed by atoms with van der Waals surface area (Å²) in [6.07, 6.45) is 6.71. The molecule has 0 aliphatic heterocycles. The fraction of sp³-hybridized carbons (Fsp3) is 0.375. The van der Waals surface area contributed by atoms with E-state index in [1.807, 2.05) is 41.2 Å². The zero-order valence-corrected chi connectivity index (χ0v) is 13.3. The van der Waals surface area contributed by atoms with Gasteiger partial charge in [-0.25, -0.2) is 0 Å². The maximum Gasteiger partial charge on any atom is 0.134 e. The number of nitrogens with one attached hydrogen (secondary N) is 1. The highest BCUT2D eigenvalue weighted by Gasteiger charge is 2.37. The molecule has 1 atom stereocenters. The zero-order chi connectivity index (χ0) is 14.7. The van der Waals surface area contributed by atoms with Crippen molar-refractivity contribution in [3.8, 4) is 6.07 Å². The lowest BCUT2D eigenvalue weighted by Gasteiger charge is -2.28. The summed E-state index contributed by atoms with van der Waals surface area (Å²) in [5, 5.41) is 17.6. The lowest BCUT2D eigenvalue weighted by atomic mass is 9.87. The van der Waals surface area contributed by atoms with Gasteiger partial charge in [-0.15, -0.1) is 0 Å². The first-order chi connectivity index (χ1) is 10.2. The van der Waals surface area contributed by atoms with Crippen molar-refractivity contribution in [3.63, 3.8) is 0 Å². The number of hydrogen-bond donors (Lipinski definition) is 1. The van der Waals surface area contributed by atoms with Gasteiger partial charge in [-0.1, -0.05) is 30.3 Å². The van der Waals surface area contributed by atoms with Gasteiger partial charge >= 0.3 is 0 Å². The van der Waals surface area contributed by atoms with Crippen molar-refractivity contribution in [3.05, 3.63) is 52.8 Å². The molecule has 1 aliphatic carbocycles. The molecule has 108 valence electrons. The van der Waals surface area contributed by atoms with Crippen LogP contribution in [0.5, 0.6) is 0 Å². The summed E-state index contributed by atoms with van der Waals surface area (Å²) in [6.45, 7) is 0.702. The van der Waals surface area contributed by atoms with Crippen molar-refractivity contribution < 1.29 is 0 Å². The third kappa shape index (κ3) is 3.34. The van der Waals surface area contributed by atoms with Crippen molar-refractivity contribution >= 4 is 15.9 Å². The molecule has 0 amide bonds. The molecule has 21 heavy (non-hydrogen) atoms. The van der Waals surface area contributed by atoms with Crippen molar-refractivity contribution in [2.45, 2.75) is 37.4 Å². The average Bonchev–Trinajstić information content (AvgIpc) is 3.24. The van der Waals surface area contributed by atoms with Crippen molar-refractivity contribution in [1.82, 2.24) is 15.1 Å². The van der Waals surface area contributed by atoms with Crippen LogP contribution < -0.4 is 5.32 Å². The Balaban J connectivity index is 1.82. The number of halogens is 1. The third-order valence-electron chi connectivity index (χ3n) is 3.80. The number of hydrogen-bond acceptors (Lipinski definition) is 3. The molecule has 3 rings (SSSR count). The number of benzene rings is 1. The van der Waals surface area contributed by atoms with E-state index in [9.17, 15) is 5.26 Å². The molecule has 0 saturated heterocycles. The molecule has 2 aromatic rings. The van der Waals surface area contributed by atoms with Crippen LogP contribution in [0.3, 0.4) is 0 Å². The Morgan fingerprint density at radius 3 is 2.71 bits per heavy atom. The number of rotatable bonds is 6. The van der Waals surface area contributed by atoms with Gasteiger partial charge in [0, 0.05) is 25.2 Å². The van der Waals surface area contributed by atoms with Crippen LogP contribution in [0.15, 0.2) is 47.2 Å². The summed E-state index contributed by atoms with van der Waals surface area (Å²) in [5.41, 5.74) is 0.395. The SMILES string of the molecule is N#CC(CCn1cc(Br)cn1)(NC1CC1)c1ccccc1. The van der Waals surface area contributed by atoms with Crippen molar-refractivity contribution in [2.75, 3.05) is 0 Å². The van der Waals surface area contributed by atoms with E-state index in [2.05, 4.69) is 32.4 Å². The predicted octanol–water partition coefficient (Wildman–Crippen LogP) is 3.21. The first kappa shape index (κ1) is 14.3. The third-order valence-corrected chi connectivity index (χ3v) is 4.21. The largest absolute Gasteiger partial charge is 0.293 e. The van der Waals surface area contributed by atoms with E-state index in [1.54, 1.807) is 6.20 Å². The van der Waals surface area contributed by atoms with Gasteiger partial charge in [0.1, 0.15) is 5.54 Å². The van der Waals surface area contributed by atoms with Gasteiger partial charge in [0.15, 0.2) is 0 Å². The number of nitriles is 1. The summed E-state index contributed by atoms with van der Waals surface area (Å²) < 4.78 is 2.83. The average molecular weight is 345 g/mol. The maximum absolute atomic E-state index is 9.84. The summed E-state index contributed by atoms with van der Waals surface area (Å²) in [5.74, 6) is 0. The number of nitrogens with zero attached hydrogens (tertiary/aromatic N) is 3. The van der Waals surface area contributed by atoms with E-state index in [0.29, 0.717) is 19.0 Å². The molecule has 1 heterocycles. The highest BCUT2D eigenvalue weighted by atomic mass is 79.9. The number of aromatic nitrogens is 2. The van der Waals surface area contributed by atoms with Crippen LogP contribution in [-0.4, -0.2) is 15.8 Å². The lowest BCUT2D eigenvalue weighted by molar-refractivity contribution is 0.361. The van der Waals surface area contributed by atoms with Crippen LogP contribution >= 0.6 is 15.9 Å². The van der Waals surface area contributed by atoms with E-state index >= 15 is 0 Å². The molecular weight excluding hydrogens is 328 g/mol. The van der Waals surface area contributed by atoms with Gasteiger partial charge in [-0.3, -0.25) is 10.00 Å². The molecule has 1 fully saturated rings. The van der Waals surface area contributed by atoms with Crippen LogP contribution in [0.2, 0.25) is 0 Å². The first-order valence-corrected chi connectivity index (χ1v) is 7.93. The van der Waals surface area contributed by atoms with Crippen molar-refractivity contribution in [2.24, 2.45) is 0 Å². The van der Waals surface area contributed by atoms with Gasteiger partial charge < -0.3 is 0 Å². The summed E-state index contributed by atoms with van der Waals surface area (Å²) in [6, 6.07) is 13.0. The van der Waals surface area contributed by atoms with Gasteiger partial charge in [-0.2, -0.15) is 10.4 Å². The van der Waals surface area contributed by atoms with E-state index in [1.165, 1.54) is 0 Å². The minimum absolute atomic E-state index is 0.467. The summed E-state index contributed by atoms with van der Waals surface area (Å²) in [7, 11) is 0. The van der Waals surface area contributed by atoms with Gasteiger partial charge in [-0.05, 0) is 34.3 Å². The van der Waals surface area contributed by atoms with E-state index < -0.39 is 5.54 Å². The quantitative estimate of drug-likeness (QED) is 0.875. The Bertz CT molecular complexity index is 642. The van der Waals surface area contributed by atoms with Crippen LogP contribution in [-0.2, 0) is 12.1 Å². The Morgan fingerprint density at radius 1 is 1.38 bits per heavy atom. The highest BCUT2D eigenvalue weighted by molar-refractivity contribution is 9.10. The van der Waals surface area contributed by atoms with Crippen LogP contribution in [0.25, 0.3) is 0 Å². The molecule has 0 bridgehead atoms. The van der Waals surface area contributed by atoms with Crippen molar-refractivity contribution in [1.29, 1.82) is 5.26 Å². The highest BCUT2D eigenvalue weighted by Crippen LogP contribution is 2.31. The van der Waals surface area contributed by atoms with E-state index in [-0.39, 0.29) is 0 Å². The van der Waals surface area contributed by atoms with Gasteiger partial charge in [0.25, 0.3) is 0 Å². The molecule has 4 nitrogen and oxygen atoms in total. The Kier molecular flexibility index (Phi) is 4.09. The standard InChI is InChI=1S/C16H17BrN4/c17-14-10-19-21(11-14)9-8-16(12-18,20-15-6-7-15)13-4-2-1-3-5-13/h1-5,10-11,15,20H,6-9H2. The molecule has 0 radical (unpaired) electrons. The predicted molar refractivity (Wildman–Crippen MR) is 84.4 cm³/mol. The van der Waals surface area contributed by atoms with Crippen LogP contribution in [0, 0.1) is 11.3 Å². The fourth-order valence-corrected chi connectivity index (χ4v) is 2.82. The van der Waals surface area contributed by atoms with E-state index in [0.717, 1.165) is 22.9 Å². The Labute approximate surface area is 132 Å². The molecular formula is C16H17BrN4. The second-order valence-corrected chi connectivity index (χ2v) is 6.39. The first-order valence-electron chi connectivity index (χ1n) is 7.14. The smallest absolute Gasteiger partial charge is 0.134 e. The van der Waals surface area contributed by atoms with Gasteiger partial charge in [0.05, 0.1) is 16.7 Å². The minimum Gasteiger partial charge on any atom is -0.293 e. The van der Waals surface area contributed by atoms with E-state index in [4.69, 9.17) is 0 Å². The zero-order valence-electron chi connectivity index (χ0n) is 11.7. The van der Waals surface area contributed by atoms with Gasteiger partial charge in [0.2, 0.25) is 0 Å². The molecule has 1 N–H and O–H groups in total. The monoisotopic (exact) mass is 344 g/mol. The van der Waals surface area contributed by atoms with Crippen LogP contribution in [0.1, 0.15) is 24.8 Å². The molecule has 1 aromatic heterocycles. The molecule has 5 heteroatoms. The fourth-order valence-electron chi connectivity index (χ4n) is 2.49. The Morgan fingerprint density at radius 2 is 2.14 bits per heavy atom. The summed E-state index contributed by atoms with van der Waals surface area (Å²) in [4.78, 5) is 0. The minimum atomic E-state index is -0.638. The molecule has 1 saturated carbocycles. The van der Waals surface area contributed by atoms with Crippen LogP contribution in [0.4, 0.5) is 0 Å². The maximum atomic E-state index is 9.84.